The van der Waals surface area contributed by atoms with Gasteiger partial charge in [-0.2, -0.15) is 11.8 Å². The summed E-state index contributed by atoms with van der Waals surface area (Å²) in [6, 6.07) is 4.39. The highest BCUT2D eigenvalue weighted by atomic mass is 32.2. The number of halogens is 1. The Balaban J connectivity index is 2.26. The number of ether oxygens (including phenoxy) is 1. The zero-order valence-corrected chi connectivity index (χ0v) is 10.1. The molecular weight excluding hydrogens is 225 g/mol. The van der Waals surface area contributed by atoms with Crippen LogP contribution in [0.2, 0.25) is 0 Å². The molecule has 0 aromatic heterocycles. The second-order valence-electron chi connectivity index (χ2n) is 3.96. The topological polar surface area (TPSA) is 35.2 Å². The predicted octanol–water partition coefficient (Wildman–Crippen LogP) is 2.73. The van der Waals surface area contributed by atoms with Gasteiger partial charge in [-0.05, 0) is 36.8 Å². The summed E-state index contributed by atoms with van der Waals surface area (Å²) in [7, 11) is 1.59. The molecule has 4 heteroatoms. The van der Waals surface area contributed by atoms with E-state index in [2.05, 4.69) is 0 Å². The van der Waals surface area contributed by atoms with E-state index in [9.17, 15) is 4.39 Å². The average molecular weight is 241 g/mol. The van der Waals surface area contributed by atoms with E-state index in [0.29, 0.717) is 11.0 Å². The van der Waals surface area contributed by atoms with Crippen molar-refractivity contribution in [3.05, 3.63) is 29.6 Å². The maximum absolute atomic E-state index is 13.2. The minimum atomic E-state index is -0.255. The fraction of sp³-hybridized carbons (Fsp3) is 0.500. The Hall–Kier alpha value is -0.740. The van der Waals surface area contributed by atoms with Crippen LogP contribution in [-0.2, 0) is 0 Å². The van der Waals surface area contributed by atoms with Crippen LogP contribution in [-0.4, -0.2) is 18.1 Å². The van der Waals surface area contributed by atoms with Gasteiger partial charge in [0.1, 0.15) is 11.6 Å². The molecular formula is C12H16FNOS. The van der Waals surface area contributed by atoms with Crippen molar-refractivity contribution < 1.29 is 9.13 Å². The van der Waals surface area contributed by atoms with Crippen molar-refractivity contribution in [2.45, 2.75) is 24.1 Å². The first-order valence-electron chi connectivity index (χ1n) is 5.43. The van der Waals surface area contributed by atoms with Crippen LogP contribution in [0.1, 0.15) is 24.4 Å². The minimum Gasteiger partial charge on any atom is -0.496 e. The summed E-state index contributed by atoms with van der Waals surface area (Å²) in [6.07, 6.45) is 2.30. The summed E-state index contributed by atoms with van der Waals surface area (Å²) in [4.78, 5) is 0. The predicted molar refractivity (Wildman–Crippen MR) is 65.4 cm³/mol. The van der Waals surface area contributed by atoms with E-state index >= 15 is 0 Å². The quantitative estimate of drug-likeness (QED) is 0.883. The molecule has 2 nitrogen and oxygen atoms in total. The number of thioether (sulfide) groups is 1. The third-order valence-electron chi connectivity index (χ3n) is 2.92. The summed E-state index contributed by atoms with van der Waals surface area (Å²) in [5, 5.41) is 0.385. The molecule has 1 saturated heterocycles. The zero-order chi connectivity index (χ0) is 11.5. The molecule has 88 valence electrons. The molecule has 2 unspecified atom stereocenters. The van der Waals surface area contributed by atoms with E-state index in [1.165, 1.54) is 18.6 Å². The van der Waals surface area contributed by atoms with Crippen LogP contribution in [0.25, 0.3) is 0 Å². The zero-order valence-electron chi connectivity index (χ0n) is 9.28. The van der Waals surface area contributed by atoms with Gasteiger partial charge in [-0.1, -0.05) is 0 Å². The van der Waals surface area contributed by atoms with Gasteiger partial charge in [0.15, 0.2) is 0 Å². The van der Waals surface area contributed by atoms with Gasteiger partial charge in [-0.3, -0.25) is 0 Å². The number of nitrogens with two attached hydrogens (primary N) is 1. The maximum atomic E-state index is 13.2. The van der Waals surface area contributed by atoms with Crippen LogP contribution in [0, 0.1) is 5.82 Å². The molecule has 0 bridgehead atoms. The number of benzene rings is 1. The molecule has 0 amide bonds. The molecule has 0 saturated carbocycles. The Morgan fingerprint density at radius 2 is 2.38 bits per heavy atom. The first kappa shape index (κ1) is 11.7. The van der Waals surface area contributed by atoms with Crippen molar-refractivity contribution in [1.82, 2.24) is 0 Å². The molecule has 1 aromatic rings. The fourth-order valence-corrected chi connectivity index (χ4v) is 3.38. The third kappa shape index (κ3) is 2.33. The summed E-state index contributed by atoms with van der Waals surface area (Å²) in [5.41, 5.74) is 6.96. The van der Waals surface area contributed by atoms with Crippen LogP contribution in [0.15, 0.2) is 18.2 Å². The van der Waals surface area contributed by atoms with Gasteiger partial charge in [0, 0.05) is 16.9 Å². The lowest BCUT2D eigenvalue weighted by molar-refractivity contribution is 0.403. The molecule has 0 radical (unpaired) electrons. The molecule has 0 spiro atoms. The lowest BCUT2D eigenvalue weighted by Crippen LogP contribution is -2.22. The van der Waals surface area contributed by atoms with Crippen LogP contribution in [0.5, 0.6) is 5.75 Å². The molecule has 1 aliphatic heterocycles. The van der Waals surface area contributed by atoms with Gasteiger partial charge in [-0.15, -0.1) is 0 Å². The Morgan fingerprint density at radius 3 is 3.00 bits per heavy atom. The lowest BCUT2D eigenvalue weighted by Gasteiger charge is -2.20. The lowest BCUT2D eigenvalue weighted by atomic mass is 10.0. The average Bonchev–Trinajstić information content (AvgIpc) is 2.81. The SMILES string of the molecule is COc1ccc(F)cc1C(N)C1CCCS1. The van der Waals surface area contributed by atoms with Gasteiger partial charge >= 0.3 is 0 Å². The van der Waals surface area contributed by atoms with E-state index in [-0.39, 0.29) is 11.9 Å². The highest BCUT2D eigenvalue weighted by Gasteiger charge is 2.26. The summed E-state index contributed by atoms with van der Waals surface area (Å²) in [6.45, 7) is 0. The summed E-state index contributed by atoms with van der Waals surface area (Å²) < 4.78 is 18.4. The van der Waals surface area contributed by atoms with E-state index in [4.69, 9.17) is 10.5 Å². The first-order chi connectivity index (χ1) is 7.72. The summed E-state index contributed by atoms with van der Waals surface area (Å²) in [5.74, 6) is 1.58. The molecule has 1 aromatic carbocycles. The Bertz CT molecular complexity index is 366. The van der Waals surface area contributed by atoms with Gasteiger partial charge in [-0.25, -0.2) is 4.39 Å². The van der Waals surface area contributed by atoms with Gasteiger partial charge in [0.05, 0.1) is 7.11 Å². The maximum Gasteiger partial charge on any atom is 0.123 e. The Labute approximate surface area is 99.4 Å². The fourth-order valence-electron chi connectivity index (χ4n) is 2.05. The van der Waals surface area contributed by atoms with E-state index in [0.717, 1.165) is 17.7 Å². The first-order valence-corrected chi connectivity index (χ1v) is 6.48. The van der Waals surface area contributed by atoms with Crippen molar-refractivity contribution in [2.75, 3.05) is 12.9 Å². The standard InChI is InChI=1S/C12H16FNOS/c1-15-10-5-4-8(13)7-9(10)12(14)11-3-2-6-16-11/h4-5,7,11-12H,2-3,6,14H2,1H3. The molecule has 2 atom stereocenters. The van der Waals surface area contributed by atoms with Gasteiger partial charge in [0.25, 0.3) is 0 Å². The van der Waals surface area contributed by atoms with Crippen LogP contribution in [0.3, 0.4) is 0 Å². The molecule has 1 heterocycles. The van der Waals surface area contributed by atoms with E-state index in [1.54, 1.807) is 13.2 Å². The van der Waals surface area contributed by atoms with Crippen molar-refractivity contribution in [3.63, 3.8) is 0 Å². The van der Waals surface area contributed by atoms with Crippen LogP contribution in [0.4, 0.5) is 4.39 Å². The van der Waals surface area contributed by atoms with Crippen molar-refractivity contribution in [3.8, 4) is 5.75 Å². The second-order valence-corrected chi connectivity index (χ2v) is 5.31. The Morgan fingerprint density at radius 1 is 1.56 bits per heavy atom. The monoisotopic (exact) mass is 241 g/mol. The molecule has 2 N–H and O–H groups in total. The van der Waals surface area contributed by atoms with Gasteiger partial charge in [0.2, 0.25) is 0 Å². The normalized spacial score (nSPS) is 22.1. The second kappa shape index (κ2) is 5.06. The smallest absolute Gasteiger partial charge is 0.123 e. The summed E-state index contributed by atoms with van der Waals surface area (Å²) >= 11 is 1.87. The van der Waals surface area contributed by atoms with Gasteiger partial charge < -0.3 is 10.5 Å². The van der Waals surface area contributed by atoms with Crippen LogP contribution < -0.4 is 10.5 Å². The number of hydrogen-bond donors (Lipinski definition) is 1. The van der Waals surface area contributed by atoms with E-state index in [1.807, 2.05) is 11.8 Å². The van der Waals surface area contributed by atoms with Crippen molar-refractivity contribution in [1.29, 1.82) is 0 Å². The molecule has 1 aliphatic rings. The highest BCUT2D eigenvalue weighted by Crippen LogP contribution is 2.37. The molecule has 16 heavy (non-hydrogen) atoms. The number of rotatable bonds is 3. The van der Waals surface area contributed by atoms with Crippen molar-refractivity contribution >= 4 is 11.8 Å². The molecule has 1 fully saturated rings. The van der Waals surface area contributed by atoms with Crippen molar-refractivity contribution in [2.24, 2.45) is 5.73 Å². The number of hydrogen-bond acceptors (Lipinski definition) is 3. The number of methoxy groups -OCH3 is 1. The largest absolute Gasteiger partial charge is 0.496 e. The highest BCUT2D eigenvalue weighted by molar-refractivity contribution is 8.00. The third-order valence-corrected chi connectivity index (χ3v) is 4.40. The molecule has 0 aliphatic carbocycles. The Kier molecular flexibility index (Phi) is 3.71. The van der Waals surface area contributed by atoms with E-state index < -0.39 is 0 Å². The minimum absolute atomic E-state index is 0.141. The molecule has 2 rings (SSSR count). The van der Waals surface area contributed by atoms with Crippen LogP contribution >= 0.6 is 11.8 Å².